The average Bonchev–Trinajstić information content (AvgIpc) is 2.16. The fourth-order valence-electron chi connectivity index (χ4n) is 0.870. The number of aromatic nitrogens is 1. The van der Waals surface area contributed by atoms with Crippen LogP contribution in [0.5, 0.6) is 5.88 Å². The molecule has 0 aliphatic carbocycles. The Morgan fingerprint density at radius 1 is 1.62 bits per heavy atom. The van der Waals surface area contributed by atoms with E-state index >= 15 is 0 Å². The Morgan fingerprint density at radius 2 is 2.31 bits per heavy atom. The lowest BCUT2D eigenvalue weighted by atomic mass is 10.1. The van der Waals surface area contributed by atoms with E-state index in [2.05, 4.69) is 4.98 Å². The Morgan fingerprint density at radius 3 is 2.77 bits per heavy atom. The summed E-state index contributed by atoms with van der Waals surface area (Å²) >= 11 is 0. The third-order valence-corrected chi connectivity index (χ3v) is 1.53. The third-order valence-electron chi connectivity index (χ3n) is 1.53. The second-order valence-electron chi connectivity index (χ2n) is 2.45. The summed E-state index contributed by atoms with van der Waals surface area (Å²) in [6.07, 6.45) is 0. The summed E-state index contributed by atoms with van der Waals surface area (Å²) in [5.41, 5.74) is 0.618. The van der Waals surface area contributed by atoms with Crippen molar-refractivity contribution in [3.63, 3.8) is 0 Å². The van der Waals surface area contributed by atoms with Crippen molar-refractivity contribution in [3.05, 3.63) is 23.4 Å². The number of Topliss-reactive ketones (excluding diaryl/α,β-unsaturated/α-hetero) is 1. The molecule has 1 heterocycles. The molecule has 1 rings (SSSR count). The first-order valence-corrected chi connectivity index (χ1v) is 3.64. The minimum atomic E-state index is -0.114. The number of nitriles is 1. The monoisotopic (exact) mass is 176 g/mol. The molecule has 0 saturated heterocycles. The zero-order chi connectivity index (χ0) is 9.84. The minimum Gasteiger partial charge on any atom is -0.481 e. The van der Waals surface area contributed by atoms with Gasteiger partial charge < -0.3 is 4.74 Å². The van der Waals surface area contributed by atoms with E-state index in [9.17, 15) is 4.79 Å². The predicted molar refractivity (Wildman–Crippen MR) is 45.5 cm³/mol. The lowest BCUT2D eigenvalue weighted by Crippen LogP contribution is -1.97. The first-order chi connectivity index (χ1) is 6.17. The van der Waals surface area contributed by atoms with E-state index in [-0.39, 0.29) is 17.4 Å². The number of ether oxygens (including phenoxy) is 1. The smallest absolute Gasteiger partial charge is 0.214 e. The number of hydrogen-bond donors (Lipinski definition) is 0. The number of carbonyl (C=O) groups excluding carboxylic acids is 1. The molecule has 0 radical (unpaired) electrons. The number of carbonyl (C=O) groups is 1. The van der Waals surface area contributed by atoms with Crippen LogP contribution < -0.4 is 4.74 Å². The van der Waals surface area contributed by atoms with Crippen LogP contribution in [0.4, 0.5) is 0 Å². The van der Waals surface area contributed by atoms with Crippen LogP contribution >= 0.6 is 0 Å². The largest absolute Gasteiger partial charge is 0.481 e. The van der Waals surface area contributed by atoms with Gasteiger partial charge >= 0.3 is 0 Å². The highest BCUT2D eigenvalue weighted by Gasteiger charge is 2.05. The molecule has 0 amide bonds. The van der Waals surface area contributed by atoms with E-state index in [1.165, 1.54) is 26.2 Å². The van der Waals surface area contributed by atoms with Crippen molar-refractivity contribution >= 4 is 5.78 Å². The van der Waals surface area contributed by atoms with E-state index in [0.29, 0.717) is 5.56 Å². The summed E-state index contributed by atoms with van der Waals surface area (Å²) in [6.45, 7) is 1.43. The van der Waals surface area contributed by atoms with Gasteiger partial charge in [0.25, 0.3) is 0 Å². The Bertz CT molecular complexity index is 380. The number of hydrogen-bond acceptors (Lipinski definition) is 4. The highest BCUT2D eigenvalue weighted by atomic mass is 16.5. The van der Waals surface area contributed by atoms with E-state index in [1.807, 2.05) is 6.07 Å². The maximum Gasteiger partial charge on any atom is 0.214 e. The van der Waals surface area contributed by atoms with E-state index < -0.39 is 0 Å². The molecule has 0 atom stereocenters. The Balaban J connectivity index is 3.24. The lowest BCUT2D eigenvalue weighted by molar-refractivity contribution is 0.101. The van der Waals surface area contributed by atoms with Crippen molar-refractivity contribution in [2.75, 3.05) is 7.11 Å². The van der Waals surface area contributed by atoms with Crippen LogP contribution in [0.1, 0.15) is 23.0 Å². The van der Waals surface area contributed by atoms with Gasteiger partial charge in [0.2, 0.25) is 5.88 Å². The highest BCUT2D eigenvalue weighted by Crippen LogP contribution is 2.12. The van der Waals surface area contributed by atoms with Crippen LogP contribution in [0.2, 0.25) is 0 Å². The molecule has 66 valence electrons. The molecule has 0 fully saturated rings. The summed E-state index contributed by atoms with van der Waals surface area (Å²) < 4.78 is 4.83. The second-order valence-corrected chi connectivity index (χ2v) is 2.45. The summed E-state index contributed by atoms with van der Waals surface area (Å²) in [5.74, 6) is 0.168. The van der Waals surface area contributed by atoms with Gasteiger partial charge in [0.05, 0.1) is 7.11 Å². The molecule has 0 unspecified atom stereocenters. The van der Waals surface area contributed by atoms with Crippen molar-refractivity contribution in [2.24, 2.45) is 0 Å². The Kier molecular flexibility index (Phi) is 2.60. The van der Waals surface area contributed by atoms with Crippen molar-refractivity contribution in [1.82, 2.24) is 4.98 Å². The molecular weight excluding hydrogens is 168 g/mol. The molecule has 1 aromatic rings. The van der Waals surface area contributed by atoms with Crippen LogP contribution in [0.25, 0.3) is 0 Å². The van der Waals surface area contributed by atoms with Gasteiger partial charge in [-0.15, -0.1) is 0 Å². The van der Waals surface area contributed by atoms with Crippen LogP contribution in [0, 0.1) is 11.3 Å². The summed E-state index contributed by atoms with van der Waals surface area (Å²) in [7, 11) is 1.44. The molecule has 13 heavy (non-hydrogen) atoms. The molecule has 0 spiro atoms. The fraction of sp³-hybridized carbons (Fsp3) is 0.222. The van der Waals surface area contributed by atoms with Gasteiger partial charge in [-0.05, 0) is 13.0 Å². The summed E-state index contributed by atoms with van der Waals surface area (Å²) in [4.78, 5) is 14.8. The maximum absolute atomic E-state index is 11.0. The number of rotatable bonds is 2. The zero-order valence-corrected chi connectivity index (χ0v) is 7.37. The normalized spacial score (nSPS) is 9.00. The molecule has 4 heteroatoms. The maximum atomic E-state index is 11.0. The molecule has 0 bridgehead atoms. The van der Waals surface area contributed by atoms with Crippen molar-refractivity contribution in [3.8, 4) is 11.9 Å². The number of methoxy groups -OCH3 is 1. The molecule has 0 N–H and O–H groups in total. The topological polar surface area (TPSA) is 63.0 Å². The molecule has 0 aliphatic rings. The van der Waals surface area contributed by atoms with Crippen LogP contribution in [-0.2, 0) is 0 Å². The van der Waals surface area contributed by atoms with Crippen molar-refractivity contribution in [2.45, 2.75) is 6.92 Å². The molecule has 0 aromatic carbocycles. The van der Waals surface area contributed by atoms with Crippen LogP contribution in [0.3, 0.4) is 0 Å². The number of nitrogens with zero attached hydrogens (tertiary/aromatic N) is 2. The molecule has 0 saturated carbocycles. The standard InChI is InChI=1S/C9H8N2O2/c1-6(12)7-3-8(5-10)11-9(4-7)13-2/h3-4H,1-2H3. The highest BCUT2D eigenvalue weighted by molar-refractivity contribution is 5.94. The van der Waals surface area contributed by atoms with E-state index in [0.717, 1.165) is 0 Å². The van der Waals surface area contributed by atoms with E-state index in [4.69, 9.17) is 10.00 Å². The van der Waals surface area contributed by atoms with E-state index in [1.54, 1.807) is 0 Å². The Labute approximate surface area is 75.8 Å². The Hall–Kier alpha value is -1.89. The first-order valence-electron chi connectivity index (χ1n) is 3.64. The van der Waals surface area contributed by atoms with Gasteiger partial charge in [-0.2, -0.15) is 5.26 Å². The third kappa shape index (κ3) is 2.03. The molecular formula is C9H8N2O2. The predicted octanol–water partition coefficient (Wildman–Crippen LogP) is 1.16. The molecule has 0 aliphatic heterocycles. The van der Waals surface area contributed by atoms with Gasteiger partial charge in [-0.1, -0.05) is 0 Å². The second kappa shape index (κ2) is 3.68. The molecule has 1 aromatic heterocycles. The van der Waals surface area contributed by atoms with Gasteiger partial charge in [0, 0.05) is 11.6 Å². The van der Waals surface area contributed by atoms with Crippen LogP contribution in [0.15, 0.2) is 12.1 Å². The van der Waals surface area contributed by atoms with Gasteiger partial charge in [-0.3, -0.25) is 4.79 Å². The quantitative estimate of drug-likeness (QED) is 0.634. The fourth-order valence-corrected chi connectivity index (χ4v) is 0.870. The van der Waals surface area contributed by atoms with Crippen molar-refractivity contribution < 1.29 is 9.53 Å². The SMILES string of the molecule is COc1cc(C(C)=O)cc(C#N)n1. The minimum absolute atomic E-state index is 0.114. The van der Waals surface area contributed by atoms with Crippen LogP contribution in [-0.4, -0.2) is 17.9 Å². The zero-order valence-electron chi connectivity index (χ0n) is 7.37. The lowest BCUT2D eigenvalue weighted by Gasteiger charge is -2.00. The number of pyridine rings is 1. The van der Waals surface area contributed by atoms with Gasteiger partial charge in [0.15, 0.2) is 5.78 Å². The van der Waals surface area contributed by atoms with Gasteiger partial charge in [-0.25, -0.2) is 4.98 Å². The summed E-state index contributed by atoms with van der Waals surface area (Å²) in [6, 6.07) is 4.79. The van der Waals surface area contributed by atoms with Crippen molar-refractivity contribution in [1.29, 1.82) is 5.26 Å². The average molecular weight is 176 g/mol. The number of ketones is 1. The van der Waals surface area contributed by atoms with Gasteiger partial charge in [0.1, 0.15) is 11.8 Å². The first kappa shape index (κ1) is 9.20. The summed E-state index contributed by atoms with van der Waals surface area (Å²) in [5, 5.41) is 8.58. The molecule has 4 nitrogen and oxygen atoms in total.